The Kier molecular flexibility index (Phi) is 3.57. The van der Waals surface area contributed by atoms with Gasteiger partial charge < -0.3 is 16.2 Å². The fourth-order valence-corrected chi connectivity index (χ4v) is 2.35. The van der Waals surface area contributed by atoms with E-state index in [9.17, 15) is 4.79 Å². The van der Waals surface area contributed by atoms with Gasteiger partial charge in [0.25, 0.3) is 0 Å². The van der Waals surface area contributed by atoms with E-state index in [2.05, 4.69) is 6.92 Å². The minimum absolute atomic E-state index is 0.0185. The number of ether oxygens (including phenoxy) is 1. The summed E-state index contributed by atoms with van der Waals surface area (Å²) in [5.41, 5.74) is 11.6. The molecule has 0 saturated heterocycles. The third-order valence-corrected chi connectivity index (χ3v) is 3.63. The molecule has 2 atom stereocenters. The van der Waals surface area contributed by atoms with Crippen LogP contribution in [0.25, 0.3) is 0 Å². The van der Waals surface area contributed by atoms with Gasteiger partial charge in [-0.3, -0.25) is 4.79 Å². The zero-order chi connectivity index (χ0) is 13.2. The Bertz CT molecular complexity index is 430. The fourth-order valence-electron chi connectivity index (χ4n) is 2.35. The third kappa shape index (κ3) is 2.64. The Labute approximate surface area is 107 Å². The smallest absolute Gasteiger partial charge is 0.237 e. The SMILES string of the molecule is CCc1ccc(OC2CCC(N)(C(N)=O)C2)cc1. The van der Waals surface area contributed by atoms with Gasteiger partial charge in [-0.05, 0) is 37.0 Å². The lowest BCUT2D eigenvalue weighted by Gasteiger charge is -2.20. The zero-order valence-corrected chi connectivity index (χ0v) is 10.7. The summed E-state index contributed by atoms with van der Waals surface area (Å²) in [7, 11) is 0. The first-order valence-electron chi connectivity index (χ1n) is 6.38. The minimum atomic E-state index is -0.895. The predicted molar refractivity (Wildman–Crippen MR) is 70.2 cm³/mol. The number of nitrogens with two attached hydrogens (primary N) is 2. The predicted octanol–water partition coefficient (Wildman–Crippen LogP) is 1.36. The molecule has 4 N–H and O–H groups in total. The quantitative estimate of drug-likeness (QED) is 0.844. The molecule has 0 spiro atoms. The van der Waals surface area contributed by atoms with Gasteiger partial charge in [-0.2, -0.15) is 0 Å². The summed E-state index contributed by atoms with van der Waals surface area (Å²) < 4.78 is 5.83. The van der Waals surface area contributed by atoms with Crippen LogP contribution in [0.3, 0.4) is 0 Å². The summed E-state index contributed by atoms with van der Waals surface area (Å²) in [5, 5.41) is 0. The lowest BCUT2D eigenvalue weighted by Crippen LogP contribution is -2.50. The van der Waals surface area contributed by atoms with Crippen LogP contribution in [0.5, 0.6) is 5.75 Å². The van der Waals surface area contributed by atoms with Crippen LogP contribution in [0.2, 0.25) is 0 Å². The van der Waals surface area contributed by atoms with Crippen molar-refractivity contribution in [2.24, 2.45) is 11.5 Å². The molecule has 0 radical (unpaired) electrons. The van der Waals surface area contributed by atoms with Gasteiger partial charge >= 0.3 is 0 Å². The molecule has 1 aliphatic carbocycles. The van der Waals surface area contributed by atoms with Crippen LogP contribution in [0.1, 0.15) is 31.7 Å². The molecule has 0 aliphatic heterocycles. The maximum Gasteiger partial charge on any atom is 0.237 e. The lowest BCUT2D eigenvalue weighted by molar-refractivity contribution is -0.123. The normalized spacial score (nSPS) is 27.1. The van der Waals surface area contributed by atoms with Crippen LogP contribution >= 0.6 is 0 Å². The molecular weight excluding hydrogens is 228 g/mol. The van der Waals surface area contributed by atoms with E-state index in [-0.39, 0.29) is 6.10 Å². The maximum atomic E-state index is 11.2. The molecule has 98 valence electrons. The molecule has 1 aliphatic rings. The second kappa shape index (κ2) is 4.98. The van der Waals surface area contributed by atoms with Crippen LogP contribution in [-0.4, -0.2) is 17.6 Å². The lowest BCUT2D eigenvalue weighted by atomic mass is 9.99. The average Bonchev–Trinajstić information content (AvgIpc) is 2.73. The number of carbonyl (C=O) groups is 1. The number of aryl methyl sites for hydroxylation is 1. The van der Waals surface area contributed by atoms with Crippen LogP contribution in [-0.2, 0) is 11.2 Å². The average molecular weight is 248 g/mol. The van der Waals surface area contributed by atoms with Gasteiger partial charge in [-0.15, -0.1) is 0 Å². The molecule has 1 saturated carbocycles. The molecule has 2 rings (SSSR count). The first-order valence-corrected chi connectivity index (χ1v) is 6.38. The highest BCUT2D eigenvalue weighted by molar-refractivity contribution is 5.84. The number of primary amides is 1. The van der Waals surface area contributed by atoms with Gasteiger partial charge in [0, 0.05) is 6.42 Å². The van der Waals surface area contributed by atoms with Gasteiger partial charge in [0.15, 0.2) is 0 Å². The van der Waals surface area contributed by atoms with Gasteiger partial charge in [0.05, 0.1) is 5.54 Å². The summed E-state index contributed by atoms with van der Waals surface area (Å²) in [6, 6.07) is 8.02. The van der Waals surface area contributed by atoms with Crippen molar-refractivity contribution in [1.82, 2.24) is 0 Å². The van der Waals surface area contributed by atoms with Crippen molar-refractivity contribution in [2.45, 2.75) is 44.2 Å². The topological polar surface area (TPSA) is 78.3 Å². The Morgan fingerprint density at radius 3 is 2.61 bits per heavy atom. The number of benzene rings is 1. The first-order chi connectivity index (χ1) is 8.53. The number of rotatable bonds is 4. The van der Waals surface area contributed by atoms with Crippen molar-refractivity contribution in [2.75, 3.05) is 0 Å². The molecule has 0 heterocycles. The van der Waals surface area contributed by atoms with Crippen molar-refractivity contribution in [3.8, 4) is 5.75 Å². The summed E-state index contributed by atoms with van der Waals surface area (Å²) >= 11 is 0. The van der Waals surface area contributed by atoms with E-state index in [4.69, 9.17) is 16.2 Å². The van der Waals surface area contributed by atoms with Crippen molar-refractivity contribution >= 4 is 5.91 Å². The molecular formula is C14H20N2O2. The van der Waals surface area contributed by atoms with Crippen molar-refractivity contribution in [3.63, 3.8) is 0 Å². The molecule has 18 heavy (non-hydrogen) atoms. The van der Waals surface area contributed by atoms with Crippen molar-refractivity contribution in [1.29, 1.82) is 0 Å². The monoisotopic (exact) mass is 248 g/mol. The van der Waals surface area contributed by atoms with Gasteiger partial charge in [0.2, 0.25) is 5.91 Å². The third-order valence-electron chi connectivity index (χ3n) is 3.63. The van der Waals surface area contributed by atoms with Crippen LogP contribution in [0, 0.1) is 0 Å². The van der Waals surface area contributed by atoms with Gasteiger partial charge in [-0.25, -0.2) is 0 Å². The number of hydrogen-bond acceptors (Lipinski definition) is 3. The van der Waals surface area contributed by atoms with E-state index in [1.54, 1.807) is 0 Å². The molecule has 1 amide bonds. The molecule has 1 aromatic carbocycles. The summed E-state index contributed by atoms with van der Waals surface area (Å²) in [6.07, 6.45) is 2.86. The van der Waals surface area contributed by atoms with Gasteiger partial charge in [0.1, 0.15) is 11.9 Å². The van der Waals surface area contributed by atoms with E-state index in [0.717, 1.165) is 18.6 Å². The maximum absolute atomic E-state index is 11.2. The summed E-state index contributed by atoms with van der Waals surface area (Å²) in [4.78, 5) is 11.2. The minimum Gasteiger partial charge on any atom is -0.490 e. The van der Waals surface area contributed by atoms with Crippen molar-refractivity contribution in [3.05, 3.63) is 29.8 Å². The number of carbonyl (C=O) groups excluding carboxylic acids is 1. The molecule has 4 heteroatoms. The molecule has 4 nitrogen and oxygen atoms in total. The highest BCUT2D eigenvalue weighted by Crippen LogP contribution is 2.30. The van der Waals surface area contributed by atoms with E-state index in [1.165, 1.54) is 5.56 Å². The highest BCUT2D eigenvalue weighted by Gasteiger charge is 2.41. The van der Waals surface area contributed by atoms with Gasteiger partial charge in [-0.1, -0.05) is 19.1 Å². The molecule has 0 bridgehead atoms. The highest BCUT2D eigenvalue weighted by atomic mass is 16.5. The van der Waals surface area contributed by atoms with Crippen LogP contribution in [0.4, 0.5) is 0 Å². The Hall–Kier alpha value is -1.55. The number of amides is 1. The Balaban J connectivity index is 1.97. The van der Waals surface area contributed by atoms with E-state index >= 15 is 0 Å². The Morgan fingerprint density at radius 2 is 2.11 bits per heavy atom. The van der Waals surface area contributed by atoms with Crippen LogP contribution < -0.4 is 16.2 Å². The largest absolute Gasteiger partial charge is 0.490 e. The second-order valence-corrected chi connectivity index (χ2v) is 5.00. The molecule has 1 fully saturated rings. The molecule has 1 aromatic rings. The van der Waals surface area contributed by atoms with E-state index < -0.39 is 11.4 Å². The summed E-state index contributed by atoms with van der Waals surface area (Å²) in [6.45, 7) is 2.11. The van der Waals surface area contributed by atoms with E-state index in [1.807, 2.05) is 24.3 Å². The zero-order valence-electron chi connectivity index (χ0n) is 10.7. The Morgan fingerprint density at radius 1 is 1.44 bits per heavy atom. The summed E-state index contributed by atoms with van der Waals surface area (Å²) in [5.74, 6) is 0.390. The molecule has 2 unspecified atom stereocenters. The van der Waals surface area contributed by atoms with Crippen molar-refractivity contribution < 1.29 is 9.53 Å². The van der Waals surface area contributed by atoms with E-state index in [0.29, 0.717) is 12.8 Å². The standard InChI is InChI=1S/C14H20N2O2/c1-2-10-3-5-11(6-4-10)18-12-7-8-14(16,9-12)13(15)17/h3-6,12H,2,7-9,16H2,1H3,(H2,15,17). The number of hydrogen-bond donors (Lipinski definition) is 2. The fraction of sp³-hybridized carbons (Fsp3) is 0.500. The first kappa shape index (κ1) is 12.9. The van der Waals surface area contributed by atoms with Crippen LogP contribution in [0.15, 0.2) is 24.3 Å². The second-order valence-electron chi connectivity index (χ2n) is 5.00. The molecule has 0 aromatic heterocycles.